The van der Waals surface area contributed by atoms with Gasteiger partial charge in [-0.3, -0.25) is 13.6 Å². The molecule has 0 unspecified atom stereocenters. The summed E-state index contributed by atoms with van der Waals surface area (Å²) in [5.74, 6) is 0. The normalized spacial score (nSPS) is 29.8. The highest BCUT2D eigenvalue weighted by molar-refractivity contribution is 7.47. The molecule has 0 amide bonds. The molecule has 1 aliphatic heterocycles. The van der Waals surface area contributed by atoms with Crippen LogP contribution in [0.25, 0.3) is 0 Å². The first-order valence-corrected chi connectivity index (χ1v) is 12.3. The summed E-state index contributed by atoms with van der Waals surface area (Å²) in [5, 5.41) is 9.96. The van der Waals surface area contributed by atoms with Gasteiger partial charge in [0.1, 0.15) is 24.4 Å². The molecule has 28 heavy (non-hydrogen) atoms. The molecule has 7 N–H and O–H groups in total. The quantitative estimate of drug-likeness (QED) is 0.139. The Kier molecular flexibility index (Phi) is 9.83. The van der Waals surface area contributed by atoms with Crippen LogP contribution in [0, 0.1) is 0 Å². The van der Waals surface area contributed by atoms with E-state index in [1.165, 1.54) is 0 Å². The second-order valence-corrected chi connectivity index (χ2v) is 9.25. The Labute approximate surface area is 159 Å². The Bertz CT molecular complexity index is 624. The van der Waals surface area contributed by atoms with E-state index in [4.69, 9.17) is 38.8 Å². The molecule has 1 fully saturated rings. The lowest BCUT2D eigenvalue weighted by atomic mass is 9.99. The van der Waals surface area contributed by atoms with E-state index < -0.39 is 60.8 Å². The molecular weight excluding hydrogens is 453 g/mol. The molecule has 1 aliphatic rings. The van der Waals surface area contributed by atoms with E-state index in [2.05, 4.69) is 13.6 Å². The van der Waals surface area contributed by atoms with Crippen molar-refractivity contribution in [3.63, 3.8) is 0 Å². The Morgan fingerprint density at radius 2 is 1.29 bits per heavy atom. The topological polar surface area (TPSA) is 239 Å². The zero-order valence-electron chi connectivity index (χ0n) is 14.5. The van der Waals surface area contributed by atoms with Crippen molar-refractivity contribution < 1.29 is 71.2 Å². The van der Waals surface area contributed by atoms with Crippen molar-refractivity contribution in [2.24, 2.45) is 0 Å². The first-order chi connectivity index (χ1) is 12.6. The number of phosphoric acid groups is 3. The Hall–Kier alpha value is 0.210. The van der Waals surface area contributed by atoms with Gasteiger partial charge in [-0.2, -0.15) is 0 Å². The molecule has 0 aliphatic carbocycles. The monoisotopic (exact) mass is 476 g/mol. The van der Waals surface area contributed by atoms with Crippen LogP contribution in [-0.2, 0) is 36.7 Å². The van der Waals surface area contributed by atoms with Gasteiger partial charge in [-0.25, -0.2) is 13.7 Å². The van der Waals surface area contributed by atoms with E-state index in [1.54, 1.807) is 0 Å². The van der Waals surface area contributed by atoms with Crippen LogP contribution < -0.4 is 0 Å². The maximum Gasteiger partial charge on any atom is 0.470 e. The van der Waals surface area contributed by atoms with Gasteiger partial charge in [0.25, 0.3) is 0 Å². The number of ether oxygens (including phenoxy) is 2. The van der Waals surface area contributed by atoms with Crippen LogP contribution >= 0.6 is 23.5 Å². The molecular formula is C10H23O15P3. The van der Waals surface area contributed by atoms with Crippen molar-refractivity contribution in [3.8, 4) is 0 Å². The Balaban J connectivity index is 3.21. The predicted octanol–water partition coefficient (Wildman–Crippen LogP) is -1.05. The Morgan fingerprint density at radius 1 is 0.821 bits per heavy atom. The number of hydrogen-bond acceptors (Lipinski definition) is 9. The fourth-order valence-corrected chi connectivity index (χ4v) is 3.98. The number of aliphatic hydroxyl groups excluding tert-OH is 1. The zero-order valence-corrected chi connectivity index (χ0v) is 17.1. The first-order valence-electron chi connectivity index (χ1n) is 7.76. The van der Waals surface area contributed by atoms with E-state index in [0.29, 0.717) is 6.42 Å². The minimum Gasteiger partial charge on any atom is -0.379 e. The molecule has 0 aromatic carbocycles. The molecule has 0 bridgehead atoms. The molecule has 168 valence electrons. The smallest absolute Gasteiger partial charge is 0.379 e. The number of unbranched alkanes of at least 4 members (excludes halogenated alkanes) is 1. The summed E-state index contributed by atoms with van der Waals surface area (Å²) in [6, 6.07) is 0. The second-order valence-electron chi connectivity index (χ2n) is 5.68. The van der Waals surface area contributed by atoms with Gasteiger partial charge in [0.05, 0.1) is 6.61 Å². The summed E-state index contributed by atoms with van der Waals surface area (Å²) in [6.07, 6.45) is -8.94. The summed E-state index contributed by atoms with van der Waals surface area (Å²) in [7, 11) is -16.1. The fourth-order valence-electron chi connectivity index (χ4n) is 2.31. The molecule has 1 rings (SSSR count). The molecule has 18 heteroatoms. The number of aliphatic hydroxyl groups is 1. The van der Waals surface area contributed by atoms with Crippen LogP contribution in [0.4, 0.5) is 0 Å². The molecule has 0 aromatic heterocycles. The minimum absolute atomic E-state index is 0.182. The highest BCUT2D eigenvalue weighted by Gasteiger charge is 2.53. The van der Waals surface area contributed by atoms with Crippen molar-refractivity contribution in [1.29, 1.82) is 0 Å². The average molecular weight is 476 g/mol. The molecule has 0 radical (unpaired) electrons. The third-order valence-electron chi connectivity index (χ3n) is 3.31. The van der Waals surface area contributed by atoms with Crippen molar-refractivity contribution in [3.05, 3.63) is 0 Å². The number of hydrogen-bond donors (Lipinski definition) is 7. The van der Waals surface area contributed by atoms with Gasteiger partial charge in [-0.1, -0.05) is 13.3 Å². The second kappa shape index (κ2) is 10.5. The van der Waals surface area contributed by atoms with Crippen LogP contribution in [0.3, 0.4) is 0 Å². The SMILES string of the molecule is CCCCOC[C@H]1O[C@H](O)[C@H](OP(=O)(O)O)[C@@H](OP(=O)(O)O)[C@H]1OP(=O)(O)O. The van der Waals surface area contributed by atoms with Crippen molar-refractivity contribution in [1.82, 2.24) is 0 Å². The first kappa shape index (κ1) is 26.2. The molecule has 0 saturated carbocycles. The minimum atomic E-state index is -5.40. The van der Waals surface area contributed by atoms with Crippen LogP contribution in [0.2, 0.25) is 0 Å². The lowest BCUT2D eigenvalue weighted by molar-refractivity contribution is -0.279. The maximum atomic E-state index is 11.3. The van der Waals surface area contributed by atoms with Gasteiger partial charge in [-0.15, -0.1) is 0 Å². The molecule has 1 heterocycles. The van der Waals surface area contributed by atoms with Gasteiger partial charge in [0.2, 0.25) is 0 Å². The summed E-state index contributed by atoms with van der Waals surface area (Å²) >= 11 is 0. The predicted molar refractivity (Wildman–Crippen MR) is 87.4 cm³/mol. The largest absolute Gasteiger partial charge is 0.470 e. The third-order valence-corrected chi connectivity index (χ3v) is 4.86. The van der Waals surface area contributed by atoms with Gasteiger partial charge in [0.15, 0.2) is 6.29 Å². The standard InChI is InChI=1S/C10H23O15P3/c1-2-3-4-21-5-6-7(23-26(12,13)14)8(24-27(15,16)17)9(10(11)22-6)25-28(18,19)20/h6-11H,2-5H2,1H3,(H2,12,13,14)(H2,15,16,17)(H2,18,19,20)/t6-,7+,8+,9-,10+/m1/s1. The molecule has 0 aromatic rings. The van der Waals surface area contributed by atoms with E-state index >= 15 is 0 Å². The summed E-state index contributed by atoms with van der Waals surface area (Å²) in [6.45, 7) is 1.59. The summed E-state index contributed by atoms with van der Waals surface area (Å²) in [4.78, 5) is 54.2. The highest BCUT2D eigenvalue weighted by atomic mass is 31.2. The van der Waals surface area contributed by atoms with E-state index in [9.17, 15) is 18.8 Å². The lowest BCUT2D eigenvalue weighted by Crippen LogP contribution is -2.60. The van der Waals surface area contributed by atoms with Crippen LogP contribution in [-0.4, -0.2) is 78.4 Å². The third kappa shape index (κ3) is 9.81. The van der Waals surface area contributed by atoms with Gasteiger partial charge in [-0.05, 0) is 6.42 Å². The molecule has 1 saturated heterocycles. The van der Waals surface area contributed by atoms with E-state index in [1.807, 2.05) is 6.92 Å². The van der Waals surface area contributed by atoms with Crippen LogP contribution in [0.15, 0.2) is 0 Å². The highest BCUT2D eigenvalue weighted by Crippen LogP contribution is 2.49. The van der Waals surface area contributed by atoms with E-state index in [0.717, 1.165) is 6.42 Å². The van der Waals surface area contributed by atoms with Gasteiger partial charge < -0.3 is 43.9 Å². The average Bonchev–Trinajstić information content (AvgIpc) is 2.47. The van der Waals surface area contributed by atoms with Crippen LogP contribution in [0.1, 0.15) is 19.8 Å². The van der Waals surface area contributed by atoms with E-state index in [-0.39, 0.29) is 6.61 Å². The van der Waals surface area contributed by atoms with Crippen molar-refractivity contribution >= 4 is 23.5 Å². The zero-order chi connectivity index (χ0) is 21.8. The number of rotatable bonds is 11. The van der Waals surface area contributed by atoms with Gasteiger partial charge >= 0.3 is 23.5 Å². The maximum absolute atomic E-state index is 11.3. The van der Waals surface area contributed by atoms with Crippen molar-refractivity contribution in [2.75, 3.05) is 13.2 Å². The Morgan fingerprint density at radius 3 is 1.75 bits per heavy atom. The molecule has 5 atom stereocenters. The molecule has 15 nitrogen and oxygen atoms in total. The fraction of sp³-hybridized carbons (Fsp3) is 1.00. The summed E-state index contributed by atoms with van der Waals surface area (Å²) < 4.78 is 56.9. The van der Waals surface area contributed by atoms with Gasteiger partial charge in [0, 0.05) is 6.61 Å². The lowest BCUT2D eigenvalue weighted by Gasteiger charge is -2.43. The summed E-state index contributed by atoms with van der Waals surface area (Å²) in [5.41, 5.74) is 0. The number of phosphoric ester groups is 3. The van der Waals surface area contributed by atoms with Crippen molar-refractivity contribution in [2.45, 2.75) is 50.5 Å². The molecule has 0 spiro atoms. The van der Waals surface area contributed by atoms with Crippen LogP contribution in [0.5, 0.6) is 0 Å².